The van der Waals surface area contributed by atoms with E-state index in [1.54, 1.807) is 14.2 Å². The lowest BCUT2D eigenvalue weighted by atomic mass is 9.51. The molecule has 0 spiro atoms. The third-order valence-corrected chi connectivity index (χ3v) is 8.80. The van der Waals surface area contributed by atoms with Crippen LogP contribution in [-0.4, -0.2) is 80.9 Å². The molecule has 2 saturated heterocycles. The highest BCUT2D eigenvalue weighted by Crippen LogP contribution is 2.57. The van der Waals surface area contributed by atoms with Gasteiger partial charge >= 0.3 is 5.97 Å². The van der Waals surface area contributed by atoms with Crippen LogP contribution in [0.4, 0.5) is 0 Å². The summed E-state index contributed by atoms with van der Waals surface area (Å²) in [5, 5.41) is 21.2. The number of rotatable bonds is 4. The van der Waals surface area contributed by atoms with Crippen molar-refractivity contribution >= 4 is 5.97 Å². The quantitative estimate of drug-likeness (QED) is 0.630. The molecule has 2 heterocycles. The molecule has 5 aliphatic rings. The molecule has 3 aliphatic carbocycles. The van der Waals surface area contributed by atoms with Gasteiger partial charge in [-0.25, -0.2) is 0 Å². The number of hydrogen-bond donors (Lipinski definition) is 2. The molecule has 8 heteroatoms. The first-order valence-corrected chi connectivity index (χ1v) is 11.3. The Morgan fingerprint density at radius 3 is 2.40 bits per heavy atom. The van der Waals surface area contributed by atoms with Gasteiger partial charge in [0.15, 0.2) is 0 Å². The van der Waals surface area contributed by atoms with E-state index in [0.717, 1.165) is 25.7 Å². The zero-order valence-electron chi connectivity index (χ0n) is 17.7. The molecule has 2 aliphatic heterocycles. The zero-order chi connectivity index (χ0) is 21.0. The summed E-state index contributed by atoms with van der Waals surface area (Å²) in [6, 6.07) is 0. The van der Waals surface area contributed by atoms with Crippen molar-refractivity contribution in [1.29, 1.82) is 0 Å². The normalized spacial score (nSPS) is 53.0. The van der Waals surface area contributed by atoms with Crippen molar-refractivity contribution in [3.05, 3.63) is 0 Å². The van der Waals surface area contributed by atoms with Crippen LogP contribution >= 0.6 is 0 Å². The van der Waals surface area contributed by atoms with Crippen LogP contribution in [0.15, 0.2) is 0 Å². The first kappa shape index (κ1) is 21.1. The van der Waals surface area contributed by atoms with E-state index in [0.29, 0.717) is 13.4 Å². The first-order valence-electron chi connectivity index (χ1n) is 11.3. The van der Waals surface area contributed by atoms with Crippen LogP contribution in [0.3, 0.4) is 0 Å². The lowest BCUT2D eigenvalue weighted by molar-refractivity contribution is -0.166. The van der Waals surface area contributed by atoms with Gasteiger partial charge in [0, 0.05) is 32.7 Å². The van der Waals surface area contributed by atoms with Gasteiger partial charge in [-0.2, -0.15) is 0 Å². The summed E-state index contributed by atoms with van der Waals surface area (Å²) in [7, 11) is 3.35. The first-order chi connectivity index (χ1) is 14.6. The molecule has 3 saturated carbocycles. The average Bonchev–Trinajstić information content (AvgIpc) is 3.38. The summed E-state index contributed by atoms with van der Waals surface area (Å²) in [5.41, 5.74) is 0. The predicted octanol–water partition coefficient (Wildman–Crippen LogP) is 0.583. The van der Waals surface area contributed by atoms with Crippen LogP contribution in [0.2, 0.25) is 0 Å². The number of aliphatic hydroxyl groups is 2. The molecule has 12 atom stereocenters. The number of aliphatic hydroxyl groups excluding tert-OH is 2. The van der Waals surface area contributed by atoms with Crippen LogP contribution in [0.1, 0.15) is 25.7 Å². The minimum absolute atomic E-state index is 0.0251. The molecule has 5 rings (SSSR count). The highest BCUT2D eigenvalue weighted by atomic mass is 16.7. The Kier molecular flexibility index (Phi) is 5.83. The summed E-state index contributed by atoms with van der Waals surface area (Å²) in [4.78, 5) is 12.8. The van der Waals surface area contributed by atoms with E-state index in [9.17, 15) is 15.0 Å². The van der Waals surface area contributed by atoms with Gasteiger partial charge in [-0.05, 0) is 49.4 Å². The number of carbonyl (C=O) groups is 1. The van der Waals surface area contributed by atoms with Gasteiger partial charge in [-0.1, -0.05) is 0 Å². The Hall–Kier alpha value is -0.770. The number of ether oxygens (including phenoxy) is 5. The third-order valence-electron chi connectivity index (χ3n) is 8.80. The molecule has 5 fully saturated rings. The van der Waals surface area contributed by atoms with E-state index in [1.807, 2.05) is 0 Å². The Morgan fingerprint density at radius 2 is 1.73 bits per heavy atom. The molecular formula is C22H34O8. The molecular weight excluding hydrogens is 392 g/mol. The second-order valence-electron chi connectivity index (χ2n) is 9.86. The van der Waals surface area contributed by atoms with Gasteiger partial charge in [-0.15, -0.1) is 0 Å². The van der Waals surface area contributed by atoms with Crippen LogP contribution < -0.4 is 0 Å². The van der Waals surface area contributed by atoms with Crippen molar-refractivity contribution < 1.29 is 38.7 Å². The number of fused-ring (bicyclic) bond motifs is 3. The van der Waals surface area contributed by atoms with E-state index in [4.69, 9.17) is 23.7 Å². The summed E-state index contributed by atoms with van der Waals surface area (Å²) in [5.74, 6) is -0.196. The Bertz CT molecular complexity index is 629. The monoisotopic (exact) mass is 426 g/mol. The molecule has 2 N–H and O–H groups in total. The molecule has 0 aromatic rings. The van der Waals surface area contributed by atoms with Gasteiger partial charge < -0.3 is 33.9 Å². The fraction of sp³-hybridized carbons (Fsp3) is 0.955. The molecule has 8 nitrogen and oxygen atoms in total. The van der Waals surface area contributed by atoms with E-state index < -0.39 is 6.10 Å². The van der Waals surface area contributed by atoms with Gasteiger partial charge in [0.05, 0.1) is 43.0 Å². The van der Waals surface area contributed by atoms with Gasteiger partial charge in [-0.3, -0.25) is 4.79 Å². The highest BCUT2D eigenvalue weighted by Gasteiger charge is 2.61. The largest absolute Gasteiger partial charge is 0.465 e. The lowest BCUT2D eigenvalue weighted by Gasteiger charge is -2.54. The van der Waals surface area contributed by atoms with Crippen LogP contribution in [0.25, 0.3) is 0 Å². The minimum Gasteiger partial charge on any atom is -0.465 e. The summed E-state index contributed by atoms with van der Waals surface area (Å²) >= 11 is 0. The molecule has 0 aromatic heterocycles. The van der Waals surface area contributed by atoms with Gasteiger partial charge in [0.25, 0.3) is 0 Å². The molecule has 0 radical (unpaired) electrons. The molecule has 30 heavy (non-hydrogen) atoms. The topological polar surface area (TPSA) is 104 Å². The maximum Gasteiger partial charge on any atom is 0.309 e. The number of methoxy groups -OCH3 is 2. The molecule has 0 amide bonds. The molecule has 0 aromatic carbocycles. The van der Waals surface area contributed by atoms with E-state index in [1.165, 1.54) is 0 Å². The van der Waals surface area contributed by atoms with E-state index in [-0.39, 0.29) is 78.4 Å². The fourth-order valence-electron chi connectivity index (χ4n) is 7.55. The standard InChI is InChI=1S/C22H34O8/c1-26-17-4-10(3-11(7-23)21(17)27-2)18-12-5-15-16(30-9-29-15)6-13(12)20(24)14-8-28-22(25)19(14)18/h10-21,23-24H,3-9H2,1-2H3/t10?,11?,12?,13?,14?,15?,16?,17?,18-,19+,20+,21?/m1/s1. The summed E-state index contributed by atoms with van der Waals surface area (Å²) in [6.07, 6.45) is 2.31. The second-order valence-corrected chi connectivity index (χ2v) is 9.86. The molecule has 0 bridgehead atoms. The smallest absolute Gasteiger partial charge is 0.309 e. The molecule has 9 unspecified atom stereocenters. The van der Waals surface area contributed by atoms with Crippen LogP contribution in [0, 0.1) is 41.4 Å². The van der Waals surface area contributed by atoms with Crippen molar-refractivity contribution in [2.75, 3.05) is 34.2 Å². The summed E-state index contributed by atoms with van der Waals surface area (Å²) < 4.78 is 28.5. The zero-order valence-corrected chi connectivity index (χ0v) is 17.7. The maximum atomic E-state index is 12.8. The third kappa shape index (κ3) is 3.22. The average molecular weight is 427 g/mol. The van der Waals surface area contributed by atoms with Crippen molar-refractivity contribution in [3.8, 4) is 0 Å². The Morgan fingerprint density at radius 1 is 1.00 bits per heavy atom. The van der Waals surface area contributed by atoms with Crippen molar-refractivity contribution in [1.82, 2.24) is 0 Å². The van der Waals surface area contributed by atoms with Gasteiger partial charge in [0.1, 0.15) is 6.79 Å². The number of hydrogen-bond acceptors (Lipinski definition) is 8. The highest BCUT2D eigenvalue weighted by molar-refractivity contribution is 5.75. The van der Waals surface area contributed by atoms with E-state index in [2.05, 4.69) is 0 Å². The number of esters is 1. The van der Waals surface area contributed by atoms with Gasteiger partial charge in [0.2, 0.25) is 0 Å². The second kappa shape index (κ2) is 8.30. The number of cyclic esters (lactones) is 1. The SMILES string of the molecule is COC1CC([C@@H]2C3CC4OCOC4CC3[C@H](O)C3COC(=O)[C@@H]32)CC(CO)C1OC. The minimum atomic E-state index is -0.560. The van der Waals surface area contributed by atoms with Crippen LogP contribution in [0.5, 0.6) is 0 Å². The van der Waals surface area contributed by atoms with Crippen LogP contribution in [-0.2, 0) is 28.5 Å². The Balaban J connectivity index is 1.48. The lowest BCUT2D eigenvalue weighted by Crippen LogP contribution is -2.58. The maximum absolute atomic E-state index is 12.8. The molecule has 170 valence electrons. The van der Waals surface area contributed by atoms with Crippen molar-refractivity contribution in [2.24, 2.45) is 41.4 Å². The van der Waals surface area contributed by atoms with E-state index >= 15 is 0 Å². The Labute approximate surface area is 177 Å². The van der Waals surface area contributed by atoms with Crippen molar-refractivity contribution in [3.63, 3.8) is 0 Å². The number of carbonyl (C=O) groups excluding carboxylic acids is 1. The predicted molar refractivity (Wildman–Crippen MR) is 103 cm³/mol. The summed E-state index contributed by atoms with van der Waals surface area (Å²) in [6.45, 7) is 0.626. The van der Waals surface area contributed by atoms with Crippen molar-refractivity contribution in [2.45, 2.75) is 56.2 Å². The fourth-order valence-corrected chi connectivity index (χ4v) is 7.55.